The van der Waals surface area contributed by atoms with Gasteiger partial charge in [0.1, 0.15) is 6.04 Å². The Balaban J connectivity index is 1.68. The number of hydrogen-bond acceptors (Lipinski definition) is 4. The third-order valence-electron chi connectivity index (χ3n) is 5.28. The molecule has 0 spiro atoms. The van der Waals surface area contributed by atoms with Gasteiger partial charge in [-0.2, -0.15) is 0 Å². The topological polar surface area (TPSA) is 46.6 Å². The normalized spacial score (nSPS) is 28.8. The highest BCUT2D eigenvalue weighted by Gasteiger charge is 2.48. The summed E-state index contributed by atoms with van der Waals surface area (Å²) in [6.45, 7) is 2.57. The molecule has 2 aliphatic carbocycles. The van der Waals surface area contributed by atoms with Gasteiger partial charge in [-0.3, -0.25) is 4.79 Å². The minimum atomic E-state index is -0.350. The molecule has 0 N–H and O–H groups in total. The van der Waals surface area contributed by atoms with E-state index in [0.29, 0.717) is 18.3 Å². The quantitative estimate of drug-likeness (QED) is 0.548. The molecule has 1 heterocycles. The van der Waals surface area contributed by atoms with Crippen molar-refractivity contribution in [2.24, 2.45) is 11.8 Å². The molecule has 3 aliphatic rings. The van der Waals surface area contributed by atoms with Crippen molar-refractivity contribution >= 4 is 23.6 Å². The molecule has 0 radical (unpaired) electrons. The zero-order valence-electron chi connectivity index (χ0n) is 14.2. The lowest BCUT2D eigenvalue weighted by atomic mass is 9.88. The van der Waals surface area contributed by atoms with Crippen molar-refractivity contribution in [3.8, 4) is 0 Å². The number of unbranched alkanes of at least 4 members (excludes halogenated alkanes) is 1. The SMILES string of the molecule is CCCCOC(=O)C1CSC(C2CCCCC2)N1C(=O)C1CC1. The summed E-state index contributed by atoms with van der Waals surface area (Å²) in [5.74, 6) is 1.47. The number of hydrogen-bond donors (Lipinski definition) is 0. The number of rotatable bonds is 6. The second-order valence-corrected chi connectivity index (χ2v) is 8.33. The molecular weight excluding hydrogens is 310 g/mol. The summed E-state index contributed by atoms with van der Waals surface area (Å²) in [4.78, 5) is 27.2. The Labute approximate surface area is 143 Å². The van der Waals surface area contributed by atoms with E-state index in [9.17, 15) is 9.59 Å². The van der Waals surface area contributed by atoms with Gasteiger partial charge in [0, 0.05) is 11.7 Å². The van der Waals surface area contributed by atoms with Gasteiger partial charge in [-0.05, 0) is 38.0 Å². The highest BCUT2D eigenvalue weighted by molar-refractivity contribution is 8.00. The molecule has 0 aromatic heterocycles. The van der Waals surface area contributed by atoms with Gasteiger partial charge in [0.05, 0.1) is 12.0 Å². The fourth-order valence-corrected chi connectivity index (χ4v) is 5.36. The Bertz CT molecular complexity index is 432. The van der Waals surface area contributed by atoms with Crippen LogP contribution in [0.25, 0.3) is 0 Å². The zero-order valence-corrected chi connectivity index (χ0v) is 15.0. The standard InChI is InChI=1S/C18H29NO3S/c1-2-3-11-22-18(21)15-12-23-17(14-7-5-4-6-8-14)19(15)16(20)13-9-10-13/h13-15,17H,2-12H2,1H3. The number of amides is 1. The molecule has 1 saturated heterocycles. The fourth-order valence-electron chi connectivity index (χ4n) is 3.73. The molecule has 2 saturated carbocycles. The van der Waals surface area contributed by atoms with Gasteiger partial charge in [-0.25, -0.2) is 4.79 Å². The van der Waals surface area contributed by atoms with E-state index in [2.05, 4.69) is 6.92 Å². The van der Waals surface area contributed by atoms with Crippen molar-refractivity contribution in [3.05, 3.63) is 0 Å². The van der Waals surface area contributed by atoms with E-state index in [0.717, 1.165) is 25.7 Å². The number of nitrogens with zero attached hydrogens (tertiary/aromatic N) is 1. The highest BCUT2D eigenvalue weighted by Crippen LogP contribution is 2.43. The van der Waals surface area contributed by atoms with Gasteiger partial charge < -0.3 is 9.64 Å². The zero-order chi connectivity index (χ0) is 16.2. The minimum absolute atomic E-state index is 0.172. The lowest BCUT2D eigenvalue weighted by molar-refractivity contribution is -0.155. The van der Waals surface area contributed by atoms with Gasteiger partial charge in [0.2, 0.25) is 5.91 Å². The van der Waals surface area contributed by atoms with Crippen molar-refractivity contribution in [1.82, 2.24) is 4.90 Å². The van der Waals surface area contributed by atoms with Crippen molar-refractivity contribution in [2.45, 2.75) is 76.1 Å². The molecule has 4 nitrogen and oxygen atoms in total. The van der Waals surface area contributed by atoms with Crippen LogP contribution in [0.15, 0.2) is 0 Å². The van der Waals surface area contributed by atoms with Gasteiger partial charge >= 0.3 is 5.97 Å². The Kier molecular flexibility index (Phi) is 5.89. The van der Waals surface area contributed by atoms with Gasteiger partial charge in [0.15, 0.2) is 0 Å². The molecule has 5 heteroatoms. The summed E-state index contributed by atoms with van der Waals surface area (Å²) >= 11 is 1.81. The lowest BCUT2D eigenvalue weighted by Gasteiger charge is -2.35. The first-order valence-corrected chi connectivity index (χ1v) is 10.4. The number of ether oxygens (including phenoxy) is 1. The van der Waals surface area contributed by atoms with Crippen LogP contribution in [0.4, 0.5) is 0 Å². The van der Waals surface area contributed by atoms with Crippen LogP contribution >= 0.6 is 11.8 Å². The van der Waals surface area contributed by atoms with Crippen molar-refractivity contribution in [2.75, 3.05) is 12.4 Å². The summed E-state index contributed by atoms with van der Waals surface area (Å²) in [7, 11) is 0. The van der Waals surface area contributed by atoms with E-state index < -0.39 is 0 Å². The third kappa shape index (κ3) is 4.04. The molecule has 0 aromatic carbocycles. The molecule has 2 unspecified atom stereocenters. The van der Waals surface area contributed by atoms with Crippen LogP contribution in [0.5, 0.6) is 0 Å². The molecule has 130 valence electrons. The smallest absolute Gasteiger partial charge is 0.329 e. The first kappa shape index (κ1) is 17.1. The first-order chi connectivity index (χ1) is 11.2. The van der Waals surface area contributed by atoms with Crippen LogP contribution in [0.1, 0.15) is 64.7 Å². The second kappa shape index (κ2) is 7.91. The van der Waals surface area contributed by atoms with Crippen LogP contribution in [-0.4, -0.2) is 40.6 Å². The maximum atomic E-state index is 12.8. The molecule has 1 amide bonds. The highest BCUT2D eigenvalue weighted by atomic mass is 32.2. The fraction of sp³-hybridized carbons (Fsp3) is 0.889. The van der Waals surface area contributed by atoms with Crippen LogP contribution < -0.4 is 0 Å². The number of carbonyl (C=O) groups is 2. The third-order valence-corrected chi connectivity index (χ3v) is 6.74. The van der Waals surface area contributed by atoms with Gasteiger partial charge in [-0.1, -0.05) is 32.6 Å². The summed E-state index contributed by atoms with van der Waals surface area (Å²) in [5.41, 5.74) is 0. The minimum Gasteiger partial charge on any atom is -0.464 e. The van der Waals surface area contributed by atoms with E-state index in [1.807, 2.05) is 16.7 Å². The monoisotopic (exact) mass is 339 g/mol. The first-order valence-electron chi connectivity index (χ1n) is 9.32. The van der Waals surface area contributed by atoms with E-state index >= 15 is 0 Å². The predicted octanol–water partition coefficient (Wildman–Crippen LogP) is 3.59. The number of thioether (sulfide) groups is 1. The largest absolute Gasteiger partial charge is 0.464 e. The maximum absolute atomic E-state index is 12.8. The lowest BCUT2D eigenvalue weighted by Crippen LogP contribution is -2.49. The molecule has 0 bridgehead atoms. The van der Waals surface area contributed by atoms with Crippen molar-refractivity contribution < 1.29 is 14.3 Å². The summed E-state index contributed by atoms with van der Waals surface area (Å²) in [5, 5.41) is 0.201. The molecule has 3 rings (SSSR count). The van der Waals surface area contributed by atoms with Crippen LogP contribution in [0.3, 0.4) is 0 Å². The Morgan fingerprint density at radius 1 is 1.13 bits per heavy atom. The van der Waals surface area contributed by atoms with Gasteiger partial charge in [0.25, 0.3) is 0 Å². The average molecular weight is 340 g/mol. The number of esters is 1. The molecular formula is C18H29NO3S. The molecule has 2 atom stereocenters. The van der Waals surface area contributed by atoms with Gasteiger partial charge in [-0.15, -0.1) is 11.8 Å². The second-order valence-electron chi connectivity index (χ2n) is 7.18. The average Bonchev–Trinajstić information content (AvgIpc) is 3.33. The maximum Gasteiger partial charge on any atom is 0.329 e. The van der Waals surface area contributed by atoms with E-state index in [-0.39, 0.29) is 29.2 Å². The Morgan fingerprint density at radius 2 is 1.87 bits per heavy atom. The van der Waals surface area contributed by atoms with Crippen molar-refractivity contribution in [1.29, 1.82) is 0 Å². The number of carbonyl (C=O) groups excluding carboxylic acids is 2. The van der Waals surface area contributed by atoms with Crippen LogP contribution in [-0.2, 0) is 14.3 Å². The molecule has 23 heavy (non-hydrogen) atoms. The molecule has 1 aliphatic heterocycles. The Hall–Kier alpha value is -0.710. The summed E-state index contributed by atoms with van der Waals surface area (Å²) in [6.07, 6.45) is 10.1. The summed E-state index contributed by atoms with van der Waals surface area (Å²) in [6, 6.07) is -0.350. The molecule has 3 fully saturated rings. The predicted molar refractivity (Wildman–Crippen MR) is 92.0 cm³/mol. The Morgan fingerprint density at radius 3 is 2.52 bits per heavy atom. The van der Waals surface area contributed by atoms with Crippen molar-refractivity contribution in [3.63, 3.8) is 0 Å². The van der Waals surface area contributed by atoms with E-state index in [1.165, 1.54) is 32.1 Å². The van der Waals surface area contributed by atoms with Crippen LogP contribution in [0.2, 0.25) is 0 Å². The molecule has 0 aromatic rings. The van der Waals surface area contributed by atoms with E-state index in [1.54, 1.807) is 0 Å². The van der Waals surface area contributed by atoms with Crippen LogP contribution in [0, 0.1) is 11.8 Å². The summed E-state index contributed by atoms with van der Waals surface area (Å²) < 4.78 is 5.44. The van der Waals surface area contributed by atoms with E-state index in [4.69, 9.17) is 4.74 Å².